The summed E-state index contributed by atoms with van der Waals surface area (Å²) in [6.45, 7) is 3.17. The average molecular weight is 401 g/mol. The third kappa shape index (κ3) is 3.89. The van der Waals surface area contributed by atoms with Crippen molar-refractivity contribution in [2.75, 3.05) is 44.4 Å². The molecule has 0 aliphatic carbocycles. The standard InChI is InChI=1S/C17H23F4N7/c1-10-12(9-24-28(10)11-3-6-27(7-4-11)8-5-18)14-13(17(19,20)21)15(23-2)26-16(22)25-14/h9,11H,3-8H2,1-2H3,(H3,22,23,25,26). The summed E-state index contributed by atoms with van der Waals surface area (Å²) in [7, 11) is 1.35. The van der Waals surface area contributed by atoms with E-state index in [4.69, 9.17) is 5.73 Å². The van der Waals surface area contributed by atoms with Crippen LogP contribution in [-0.4, -0.2) is 58.0 Å². The van der Waals surface area contributed by atoms with Gasteiger partial charge in [0.15, 0.2) is 0 Å². The predicted molar refractivity (Wildman–Crippen MR) is 97.6 cm³/mol. The maximum absolute atomic E-state index is 13.7. The van der Waals surface area contributed by atoms with Gasteiger partial charge in [-0.25, -0.2) is 9.37 Å². The van der Waals surface area contributed by atoms with Crippen LogP contribution in [0.1, 0.15) is 30.1 Å². The molecule has 3 rings (SSSR count). The summed E-state index contributed by atoms with van der Waals surface area (Å²) in [5, 5.41) is 6.78. The zero-order valence-corrected chi connectivity index (χ0v) is 15.7. The molecular formula is C17H23F4N7. The van der Waals surface area contributed by atoms with Crippen LogP contribution in [0, 0.1) is 6.92 Å². The molecule has 3 heterocycles. The Kier molecular flexibility index (Phi) is 5.73. The Bertz CT molecular complexity index is 826. The van der Waals surface area contributed by atoms with Gasteiger partial charge in [-0.3, -0.25) is 4.68 Å². The lowest BCUT2D eigenvalue weighted by Gasteiger charge is -2.32. The molecule has 0 spiro atoms. The highest BCUT2D eigenvalue weighted by molar-refractivity contribution is 5.72. The first kappa shape index (κ1) is 20.3. The first-order valence-electron chi connectivity index (χ1n) is 9.01. The fourth-order valence-corrected chi connectivity index (χ4v) is 3.65. The number of nitrogens with zero attached hydrogens (tertiary/aromatic N) is 5. The minimum absolute atomic E-state index is 0.0434. The van der Waals surface area contributed by atoms with E-state index < -0.39 is 18.4 Å². The van der Waals surface area contributed by atoms with Crippen LogP contribution in [0.2, 0.25) is 0 Å². The molecule has 2 aromatic heterocycles. The van der Waals surface area contributed by atoms with Crippen LogP contribution < -0.4 is 11.1 Å². The molecule has 1 saturated heterocycles. The topological polar surface area (TPSA) is 84.9 Å². The molecule has 0 bridgehead atoms. The summed E-state index contributed by atoms with van der Waals surface area (Å²) < 4.78 is 55.3. The van der Waals surface area contributed by atoms with Gasteiger partial charge < -0.3 is 16.0 Å². The van der Waals surface area contributed by atoms with E-state index in [1.54, 1.807) is 11.6 Å². The minimum Gasteiger partial charge on any atom is -0.372 e. The van der Waals surface area contributed by atoms with Gasteiger partial charge in [0.1, 0.15) is 18.1 Å². The molecule has 0 unspecified atom stereocenters. The Hall–Kier alpha value is -2.43. The molecule has 0 aromatic carbocycles. The second kappa shape index (κ2) is 7.90. The predicted octanol–water partition coefficient (Wildman–Crippen LogP) is 2.90. The number of hydrogen-bond donors (Lipinski definition) is 2. The molecule has 0 radical (unpaired) electrons. The zero-order chi connectivity index (χ0) is 20.5. The Morgan fingerprint density at radius 3 is 2.50 bits per heavy atom. The molecule has 0 saturated carbocycles. The van der Waals surface area contributed by atoms with Crippen molar-refractivity contribution in [1.82, 2.24) is 24.6 Å². The molecule has 0 amide bonds. The van der Waals surface area contributed by atoms with Crippen molar-refractivity contribution < 1.29 is 17.6 Å². The van der Waals surface area contributed by atoms with Crippen molar-refractivity contribution in [2.24, 2.45) is 0 Å². The summed E-state index contributed by atoms with van der Waals surface area (Å²) >= 11 is 0. The van der Waals surface area contributed by atoms with Crippen molar-refractivity contribution in [3.8, 4) is 11.3 Å². The number of nitrogens with two attached hydrogens (primary N) is 1. The van der Waals surface area contributed by atoms with Crippen molar-refractivity contribution in [3.63, 3.8) is 0 Å². The van der Waals surface area contributed by atoms with E-state index in [1.807, 2.05) is 4.90 Å². The van der Waals surface area contributed by atoms with Crippen LogP contribution >= 0.6 is 0 Å². The number of nitrogen functional groups attached to an aromatic ring is 1. The van der Waals surface area contributed by atoms with Gasteiger partial charge in [0.25, 0.3) is 0 Å². The summed E-state index contributed by atoms with van der Waals surface area (Å²) in [6, 6.07) is 0.0434. The van der Waals surface area contributed by atoms with Gasteiger partial charge in [0, 0.05) is 37.9 Å². The number of alkyl halides is 4. The van der Waals surface area contributed by atoms with Gasteiger partial charge >= 0.3 is 6.18 Å². The highest BCUT2D eigenvalue weighted by Crippen LogP contribution is 2.41. The van der Waals surface area contributed by atoms with Crippen LogP contribution in [0.4, 0.5) is 29.3 Å². The highest BCUT2D eigenvalue weighted by Gasteiger charge is 2.39. The number of rotatable bonds is 5. The molecule has 1 fully saturated rings. The van der Waals surface area contributed by atoms with Crippen LogP contribution in [0.25, 0.3) is 11.3 Å². The van der Waals surface area contributed by atoms with Crippen molar-refractivity contribution in [1.29, 1.82) is 0 Å². The van der Waals surface area contributed by atoms with Crippen molar-refractivity contribution in [2.45, 2.75) is 32.0 Å². The fraction of sp³-hybridized carbons (Fsp3) is 0.588. The highest BCUT2D eigenvalue weighted by atomic mass is 19.4. The summed E-state index contributed by atoms with van der Waals surface area (Å²) in [4.78, 5) is 9.58. The molecule has 1 aliphatic heterocycles. The number of nitrogens with one attached hydrogen (secondary N) is 1. The van der Waals surface area contributed by atoms with Gasteiger partial charge in [0.2, 0.25) is 5.95 Å². The number of halogens is 4. The number of anilines is 2. The molecule has 154 valence electrons. The van der Waals surface area contributed by atoms with E-state index >= 15 is 0 Å². The Morgan fingerprint density at radius 1 is 1.25 bits per heavy atom. The first-order valence-corrected chi connectivity index (χ1v) is 9.01. The lowest BCUT2D eigenvalue weighted by molar-refractivity contribution is -0.136. The minimum atomic E-state index is -4.66. The second-order valence-electron chi connectivity index (χ2n) is 6.75. The van der Waals surface area contributed by atoms with Gasteiger partial charge in [-0.2, -0.15) is 23.3 Å². The Morgan fingerprint density at radius 2 is 1.93 bits per heavy atom. The molecule has 7 nitrogen and oxygen atoms in total. The molecule has 28 heavy (non-hydrogen) atoms. The number of aromatic nitrogens is 4. The normalized spacial score (nSPS) is 16.5. The van der Waals surface area contributed by atoms with Crippen LogP contribution in [-0.2, 0) is 6.18 Å². The zero-order valence-electron chi connectivity index (χ0n) is 15.7. The SMILES string of the molecule is CNc1nc(N)nc(-c2cnn(C3CCN(CCF)CC3)c2C)c1C(F)(F)F. The maximum atomic E-state index is 13.7. The lowest BCUT2D eigenvalue weighted by Crippen LogP contribution is -2.36. The van der Waals surface area contributed by atoms with E-state index in [-0.39, 0.29) is 29.1 Å². The van der Waals surface area contributed by atoms with Crippen LogP contribution in [0.5, 0.6) is 0 Å². The molecular weight excluding hydrogens is 378 g/mol. The Balaban J connectivity index is 1.98. The third-order valence-corrected chi connectivity index (χ3v) is 5.05. The number of likely N-dealkylation sites (tertiary alicyclic amines) is 1. The van der Waals surface area contributed by atoms with E-state index in [9.17, 15) is 17.6 Å². The number of piperidine rings is 1. The second-order valence-corrected chi connectivity index (χ2v) is 6.75. The first-order chi connectivity index (χ1) is 13.3. The lowest BCUT2D eigenvalue weighted by atomic mass is 10.0. The Labute approximate surface area is 159 Å². The maximum Gasteiger partial charge on any atom is 0.422 e. The summed E-state index contributed by atoms with van der Waals surface area (Å²) in [5.74, 6) is -0.624. The van der Waals surface area contributed by atoms with Gasteiger partial charge in [-0.1, -0.05) is 0 Å². The third-order valence-electron chi connectivity index (χ3n) is 5.05. The number of hydrogen-bond acceptors (Lipinski definition) is 6. The van der Waals surface area contributed by atoms with Gasteiger partial charge in [0.05, 0.1) is 17.9 Å². The van der Waals surface area contributed by atoms with Crippen LogP contribution in [0.3, 0.4) is 0 Å². The van der Waals surface area contributed by atoms with E-state index in [0.717, 1.165) is 25.9 Å². The summed E-state index contributed by atoms with van der Waals surface area (Å²) in [6.07, 6.45) is -1.77. The molecule has 11 heteroatoms. The van der Waals surface area contributed by atoms with Crippen LogP contribution in [0.15, 0.2) is 6.20 Å². The van der Waals surface area contributed by atoms with Gasteiger partial charge in [-0.05, 0) is 19.8 Å². The largest absolute Gasteiger partial charge is 0.422 e. The average Bonchev–Trinajstić information content (AvgIpc) is 3.02. The van der Waals surface area contributed by atoms with Gasteiger partial charge in [-0.15, -0.1) is 0 Å². The quantitative estimate of drug-likeness (QED) is 0.750. The summed E-state index contributed by atoms with van der Waals surface area (Å²) in [5.41, 5.74) is 5.22. The molecule has 0 atom stereocenters. The smallest absolute Gasteiger partial charge is 0.372 e. The fourth-order valence-electron chi connectivity index (χ4n) is 3.65. The van der Waals surface area contributed by atoms with E-state index in [2.05, 4.69) is 20.4 Å². The van der Waals surface area contributed by atoms with Crippen molar-refractivity contribution in [3.05, 3.63) is 17.5 Å². The molecule has 2 aromatic rings. The van der Waals surface area contributed by atoms with E-state index in [1.165, 1.54) is 13.2 Å². The molecule has 3 N–H and O–H groups in total. The van der Waals surface area contributed by atoms with Crippen molar-refractivity contribution >= 4 is 11.8 Å². The monoisotopic (exact) mass is 401 g/mol. The van der Waals surface area contributed by atoms with E-state index in [0.29, 0.717) is 12.2 Å². The molecule has 1 aliphatic rings.